The van der Waals surface area contributed by atoms with Crippen molar-refractivity contribution in [2.45, 2.75) is 19.3 Å². The number of rotatable bonds is 4. The van der Waals surface area contributed by atoms with E-state index in [1.165, 1.54) is 54.8 Å². The van der Waals surface area contributed by atoms with E-state index in [1.807, 2.05) is 60.7 Å². The van der Waals surface area contributed by atoms with E-state index in [1.54, 1.807) is 0 Å². The lowest BCUT2D eigenvalue weighted by atomic mass is 9.81. The van der Waals surface area contributed by atoms with Crippen molar-refractivity contribution < 1.29 is 0 Å². The highest BCUT2D eigenvalue weighted by Crippen LogP contribution is 2.52. The van der Waals surface area contributed by atoms with Gasteiger partial charge < -0.3 is 4.57 Å². The Bertz CT molecular complexity index is 2720. The Balaban J connectivity index is 1.18. The number of hydrogen-bond donors (Lipinski definition) is 0. The normalized spacial score (nSPS) is 13.2. The molecule has 0 fully saturated rings. The van der Waals surface area contributed by atoms with Crippen LogP contribution >= 0.6 is 0 Å². The van der Waals surface area contributed by atoms with Crippen molar-refractivity contribution in [3.8, 4) is 51.0 Å². The molecule has 1 aliphatic carbocycles. The molecule has 2 aromatic heterocycles. The molecule has 0 atom stereocenters. The standard InChI is InChI=1S/C46H32N4/c1-46(2)39-26-32-19-10-9-18-31(32)25-36(39)37-27-38-35-22-11-12-23-41(35)50(42(38)28-40(37)46)34-21-13-20-33(24-34)45-48-43(29-14-5-3-6-15-29)47-44(49-45)30-16-7-4-8-17-30/h3-28H,1-2H3. The molecule has 1 aliphatic rings. The second kappa shape index (κ2) is 10.8. The zero-order valence-corrected chi connectivity index (χ0v) is 27.8. The van der Waals surface area contributed by atoms with E-state index < -0.39 is 0 Å². The maximum atomic E-state index is 5.03. The quantitative estimate of drug-likeness (QED) is 0.192. The first-order chi connectivity index (χ1) is 24.5. The van der Waals surface area contributed by atoms with Gasteiger partial charge >= 0.3 is 0 Å². The van der Waals surface area contributed by atoms with Crippen molar-refractivity contribution in [2.24, 2.45) is 0 Å². The molecule has 10 rings (SSSR count). The van der Waals surface area contributed by atoms with Crippen molar-refractivity contribution in [1.82, 2.24) is 19.5 Å². The number of benzene rings is 7. The van der Waals surface area contributed by atoms with Gasteiger partial charge in [-0.15, -0.1) is 0 Å². The van der Waals surface area contributed by atoms with Gasteiger partial charge in [0.2, 0.25) is 0 Å². The Morgan fingerprint density at radius 3 is 1.66 bits per heavy atom. The van der Waals surface area contributed by atoms with Gasteiger partial charge in [-0.05, 0) is 75.5 Å². The van der Waals surface area contributed by atoms with Crippen LogP contribution in [0.15, 0.2) is 158 Å². The van der Waals surface area contributed by atoms with E-state index in [0.717, 1.165) is 22.4 Å². The van der Waals surface area contributed by atoms with Crippen LogP contribution in [0.2, 0.25) is 0 Å². The molecular formula is C46H32N4. The third-order valence-corrected chi connectivity index (χ3v) is 10.4. The summed E-state index contributed by atoms with van der Waals surface area (Å²) in [6, 6.07) is 56.0. The van der Waals surface area contributed by atoms with Crippen LogP contribution in [0.4, 0.5) is 0 Å². The second-order valence-corrected chi connectivity index (χ2v) is 13.7. The van der Waals surface area contributed by atoms with Gasteiger partial charge in [-0.25, -0.2) is 15.0 Å². The lowest BCUT2D eigenvalue weighted by Gasteiger charge is -2.22. The molecule has 7 aromatic carbocycles. The molecular weight excluding hydrogens is 609 g/mol. The molecule has 0 radical (unpaired) electrons. The molecule has 0 aliphatic heterocycles. The molecule has 50 heavy (non-hydrogen) atoms. The first kappa shape index (κ1) is 28.6. The Hall–Kier alpha value is -6.39. The number of aromatic nitrogens is 4. The molecule has 0 N–H and O–H groups in total. The predicted molar refractivity (Wildman–Crippen MR) is 206 cm³/mol. The van der Waals surface area contributed by atoms with Crippen LogP contribution in [-0.4, -0.2) is 19.5 Å². The molecule has 0 spiro atoms. The van der Waals surface area contributed by atoms with Crippen LogP contribution in [0, 0.1) is 0 Å². The zero-order chi connectivity index (χ0) is 33.4. The molecule has 4 heteroatoms. The van der Waals surface area contributed by atoms with Gasteiger partial charge in [0.1, 0.15) is 0 Å². The molecule has 236 valence electrons. The first-order valence-electron chi connectivity index (χ1n) is 17.1. The summed E-state index contributed by atoms with van der Waals surface area (Å²) in [6.45, 7) is 4.72. The van der Waals surface area contributed by atoms with Crippen LogP contribution in [0.25, 0.3) is 83.6 Å². The van der Waals surface area contributed by atoms with Gasteiger partial charge in [-0.2, -0.15) is 0 Å². The Morgan fingerprint density at radius 2 is 0.960 bits per heavy atom. The summed E-state index contributed by atoms with van der Waals surface area (Å²) in [5, 5.41) is 5.05. The van der Waals surface area contributed by atoms with Gasteiger partial charge in [0.05, 0.1) is 11.0 Å². The summed E-state index contributed by atoms with van der Waals surface area (Å²) in [6.07, 6.45) is 0. The topological polar surface area (TPSA) is 43.6 Å². The highest BCUT2D eigenvalue weighted by atomic mass is 15.0. The van der Waals surface area contributed by atoms with Crippen molar-refractivity contribution >= 4 is 32.6 Å². The SMILES string of the molecule is CC1(C)c2cc3ccccc3cc2-c2cc3c4ccccc4n(-c4cccc(-c5nc(-c6ccccc6)nc(-c6ccccc6)n5)c4)c3cc21. The van der Waals surface area contributed by atoms with Gasteiger partial charge in [0, 0.05) is 38.6 Å². The minimum atomic E-state index is -0.140. The van der Waals surface area contributed by atoms with Crippen LogP contribution in [-0.2, 0) is 5.41 Å². The largest absolute Gasteiger partial charge is 0.309 e. The van der Waals surface area contributed by atoms with E-state index in [0.29, 0.717) is 17.5 Å². The van der Waals surface area contributed by atoms with Gasteiger partial charge in [0.25, 0.3) is 0 Å². The number of para-hydroxylation sites is 1. The molecule has 0 amide bonds. The third kappa shape index (κ3) is 4.35. The fourth-order valence-corrected chi connectivity index (χ4v) is 7.88. The van der Waals surface area contributed by atoms with Crippen LogP contribution in [0.3, 0.4) is 0 Å². The second-order valence-electron chi connectivity index (χ2n) is 13.7. The van der Waals surface area contributed by atoms with E-state index in [9.17, 15) is 0 Å². The molecule has 0 unspecified atom stereocenters. The van der Waals surface area contributed by atoms with Gasteiger partial charge in [0.15, 0.2) is 17.5 Å². The predicted octanol–water partition coefficient (Wildman–Crippen LogP) is 11.4. The smallest absolute Gasteiger partial charge is 0.164 e. The fraction of sp³-hybridized carbons (Fsp3) is 0.0652. The average Bonchev–Trinajstić information content (AvgIpc) is 3.61. The van der Waals surface area contributed by atoms with E-state index in [2.05, 4.69) is 115 Å². The van der Waals surface area contributed by atoms with Crippen LogP contribution in [0.1, 0.15) is 25.0 Å². The van der Waals surface area contributed by atoms with E-state index >= 15 is 0 Å². The lowest BCUT2D eigenvalue weighted by molar-refractivity contribution is 0.662. The summed E-state index contributed by atoms with van der Waals surface area (Å²) < 4.78 is 2.40. The van der Waals surface area contributed by atoms with Crippen molar-refractivity contribution in [3.63, 3.8) is 0 Å². The summed E-state index contributed by atoms with van der Waals surface area (Å²) in [5.41, 5.74) is 11.5. The summed E-state index contributed by atoms with van der Waals surface area (Å²) in [4.78, 5) is 15.0. The fourth-order valence-electron chi connectivity index (χ4n) is 7.88. The van der Waals surface area contributed by atoms with Crippen molar-refractivity contribution in [2.75, 3.05) is 0 Å². The van der Waals surface area contributed by atoms with E-state index in [4.69, 9.17) is 15.0 Å². The number of nitrogens with zero attached hydrogens (tertiary/aromatic N) is 4. The molecule has 0 saturated heterocycles. The van der Waals surface area contributed by atoms with Crippen molar-refractivity contribution in [1.29, 1.82) is 0 Å². The number of fused-ring (bicyclic) bond motifs is 7. The van der Waals surface area contributed by atoms with Crippen LogP contribution in [0.5, 0.6) is 0 Å². The maximum absolute atomic E-state index is 5.03. The first-order valence-corrected chi connectivity index (χ1v) is 17.1. The monoisotopic (exact) mass is 640 g/mol. The molecule has 4 nitrogen and oxygen atoms in total. The highest BCUT2D eigenvalue weighted by molar-refractivity contribution is 6.12. The highest BCUT2D eigenvalue weighted by Gasteiger charge is 2.36. The van der Waals surface area contributed by atoms with E-state index in [-0.39, 0.29) is 5.41 Å². The minimum absolute atomic E-state index is 0.140. The summed E-state index contributed by atoms with van der Waals surface area (Å²) in [7, 11) is 0. The van der Waals surface area contributed by atoms with Gasteiger partial charge in [-0.1, -0.05) is 129 Å². The summed E-state index contributed by atoms with van der Waals surface area (Å²) >= 11 is 0. The number of hydrogen-bond acceptors (Lipinski definition) is 3. The maximum Gasteiger partial charge on any atom is 0.164 e. The third-order valence-electron chi connectivity index (χ3n) is 10.4. The Kier molecular flexibility index (Phi) is 6.19. The zero-order valence-electron chi connectivity index (χ0n) is 27.8. The Morgan fingerprint density at radius 1 is 0.420 bits per heavy atom. The van der Waals surface area contributed by atoms with Gasteiger partial charge in [-0.3, -0.25) is 0 Å². The molecule has 0 bridgehead atoms. The average molecular weight is 641 g/mol. The molecule has 0 saturated carbocycles. The van der Waals surface area contributed by atoms with Crippen molar-refractivity contribution in [3.05, 3.63) is 169 Å². The summed E-state index contributed by atoms with van der Waals surface area (Å²) in [5.74, 6) is 1.95. The molecule has 2 heterocycles. The lowest BCUT2D eigenvalue weighted by Crippen LogP contribution is -2.15. The van der Waals surface area contributed by atoms with Crippen LogP contribution < -0.4 is 0 Å². The Labute approximate surface area is 290 Å². The minimum Gasteiger partial charge on any atom is -0.309 e. The molecule has 9 aromatic rings.